The first-order chi connectivity index (χ1) is 6.04. The van der Waals surface area contributed by atoms with Gasteiger partial charge in [0.25, 0.3) is 10.2 Å². The highest BCUT2D eigenvalue weighted by atomic mass is 32.2. The van der Waals surface area contributed by atoms with Crippen LogP contribution in [0.25, 0.3) is 0 Å². The van der Waals surface area contributed by atoms with Gasteiger partial charge in [-0.2, -0.15) is 8.42 Å². The third-order valence-electron chi connectivity index (χ3n) is 2.36. The summed E-state index contributed by atoms with van der Waals surface area (Å²) < 4.78 is 27.2. The highest BCUT2D eigenvalue weighted by molar-refractivity contribution is 7.87. The zero-order valence-electron chi connectivity index (χ0n) is 7.84. The van der Waals surface area contributed by atoms with Crippen LogP contribution in [0, 0.1) is 5.41 Å². The molecule has 1 aliphatic carbocycles. The van der Waals surface area contributed by atoms with Gasteiger partial charge in [0, 0.05) is 13.1 Å². The number of nitrogens with one attached hydrogen (secondary N) is 2. The molecule has 0 heterocycles. The lowest BCUT2D eigenvalue weighted by atomic mass is 10.1. The summed E-state index contributed by atoms with van der Waals surface area (Å²) in [6.07, 6.45) is 2.05. The molecule has 4 N–H and O–H groups in total. The van der Waals surface area contributed by atoms with E-state index < -0.39 is 10.2 Å². The van der Waals surface area contributed by atoms with Crippen molar-refractivity contribution in [1.82, 2.24) is 9.44 Å². The minimum atomic E-state index is -3.29. The molecule has 5 nitrogen and oxygen atoms in total. The Kier molecular flexibility index (Phi) is 3.28. The van der Waals surface area contributed by atoms with Crippen molar-refractivity contribution in [1.29, 1.82) is 0 Å². The molecule has 0 unspecified atom stereocenters. The second-order valence-electron chi connectivity index (χ2n) is 3.53. The SMILES string of the molecule is CCNS(=O)(=O)NCC1(CN)CC1. The summed E-state index contributed by atoms with van der Waals surface area (Å²) in [5.74, 6) is 0. The van der Waals surface area contributed by atoms with Crippen molar-refractivity contribution in [2.45, 2.75) is 19.8 Å². The van der Waals surface area contributed by atoms with Crippen molar-refractivity contribution in [2.24, 2.45) is 11.1 Å². The van der Waals surface area contributed by atoms with Crippen molar-refractivity contribution in [3.05, 3.63) is 0 Å². The van der Waals surface area contributed by atoms with Gasteiger partial charge in [0.1, 0.15) is 0 Å². The van der Waals surface area contributed by atoms with Crippen LogP contribution >= 0.6 is 0 Å². The summed E-state index contributed by atoms with van der Waals surface area (Å²) >= 11 is 0. The van der Waals surface area contributed by atoms with Crippen LogP contribution in [-0.2, 0) is 10.2 Å². The molecule has 0 atom stereocenters. The zero-order valence-corrected chi connectivity index (χ0v) is 8.65. The molecule has 0 aromatic carbocycles. The fraction of sp³-hybridized carbons (Fsp3) is 1.00. The van der Waals surface area contributed by atoms with E-state index in [-0.39, 0.29) is 5.41 Å². The molecule has 0 saturated heterocycles. The molecule has 0 aliphatic heterocycles. The first-order valence-electron chi connectivity index (χ1n) is 4.48. The fourth-order valence-corrected chi connectivity index (χ4v) is 2.10. The summed E-state index contributed by atoms with van der Waals surface area (Å²) in [4.78, 5) is 0. The van der Waals surface area contributed by atoms with Crippen LogP contribution in [0.4, 0.5) is 0 Å². The molecule has 1 rings (SSSR count). The summed E-state index contributed by atoms with van der Waals surface area (Å²) in [7, 11) is -3.29. The topological polar surface area (TPSA) is 84.2 Å². The van der Waals surface area contributed by atoms with Crippen molar-refractivity contribution >= 4 is 10.2 Å². The van der Waals surface area contributed by atoms with Crippen LogP contribution in [0.5, 0.6) is 0 Å². The lowest BCUT2D eigenvalue weighted by molar-refractivity contribution is 0.496. The maximum absolute atomic E-state index is 11.2. The lowest BCUT2D eigenvalue weighted by Crippen LogP contribution is -2.41. The molecule has 0 radical (unpaired) electrons. The Morgan fingerprint density at radius 1 is 1.38 bits per heavy atom. The number of rotatable bonds is 6. The molecule has 0 spiro atoms. The van der Waals surface area contributed by atoms with Crippen LogP contribution in [0.1, 0.15) is 19.8 Å². The second-order valence-corrected chi connectivity index (χ2v) is 5.11. The van der Waals surface area contributed by atoms with Gasteiger partial charge in [-0.25, -0.2) is 9.44 Å². The van der Waals surface area contributed by atoms with Gasteiger partial charge in [-0.3, -0.25) is 0 Å². The van der Waals surface area contributed by atoms with Crippen LogP contribution in [0.15, 0.2) is 0 Å². The van der Waals surface area contributed by atoms with Gasteiger partial charge in [0.05, 0.1) is 0 Å². The Bertz CT molecular complexity index is 259. The second kappa shape index (κ2) is 3.91. The highest BCUT2D eigenvalue weighted by Gasteiger charge is 2.41. The number of hydrogen-bond donors (Lipinski definition) is 3. The van der Waals surface area contributed by atoms with Gasteiger partial charge in [0.15, 0.2) is 0 Å². The molecule has 13 heavy (non-hydrogen) atoms. The summed E-state index contributed by atoms with van der Waals surface area (Å²) in [6, 6.07) is 0. The predicted molar refractivity (Wildman–Crippen MR) is 51.3 cm³/mol. The average Bonchev–Trinajstić information content (AvgIpc) is 2.82. The molecule has 0 aromatic heterocycles. The van der Waals surface area contributed by atoms with Crippen LogP contribution in [0.3, 0.4) is 0 Å². The lowest BCUT2D eigenvalue weighted by Gasteiger charge is -2.13. The Labute approximate surface area is 79.3 Å². The normalized spacial score (nSPS) is 20.2. The minimum absolute atomic E-state index is 0.0441. The average molecular weight is 207 g/mol. The molecule has 1 saturated carbocycles. The zero-order chi connectivity index (χ0) is 9.95. The van der Waals surface area contributed by atoms with Crippen LogP contribution in [-0.4, -0.2) is 28.1 Å². The van der Waals surface area contributed by atoms with Gasteiger partial charge in [-0.05, 0) is 24.8 Å². The van der Waals surface area contributed by atoms with Crippen molar-refractivity contribution < 1.29 is 8.42 Å². The van der Waals surface area contributed by atoms with E-state index in [9.17, 15) is 8.42 Å². The van der Waals surface area contributed by atoms with Crippen LogP contribution in [0.2, 0.25) is 0 Å². The van der Waals surface area contributed by atoms with Gasteiger partial charge in [-0.1, -0.05) is 6.92 Å². The van der Waals surface area contributed by atoms with E-state index in [1.54, 1.807) is 6.92 Å². The van der Waals surface area contributed by atoms with E-state index in [4.69, 9.17) is 5.73 Å². The third-order valence-corrected chi connectivity index (χ3v) is 3.55. The van der Waals surface area contributed by atoms with Gasteiger partial charge in [0.2, 0.25) is 0 Å². The monoisotopic (exact) mass is 207 g/mol. The molecule has 0 aromatic rings. The smallest absolute Gasteiger partial charge is 0.276 e. The number of hydrogen-bond acceptors (Lipinski definition) is 3. The molecule has 0 bridgehead atoms. The van der Waals surface area contributed by atoms with Crippen molar-refractivity contribution in [3.63, 3.8) is 0 Å². The maximum atomic E-state index is 11.2. The fourth-order valence-electron chi connectivity index (χ4n) is 1.12. The first kappa shape index (κ1) is 10.9. The molecular weight excluding hydrogens is 190 g/mol. The Morgan fingerprint density at radius 2 is 2.00 bits per heavy atom. The molecule has 6 heteroatoms. The van der Waals surface area contributed by atoms with E-state index in [1.807, 2.05) is 0 Å². The Morgan fingerprint density at radius 3 is 2.38 bits per heavy atom. The number of nitrogens with two attached hydrogens (primary N) is 1. The maximum Gasteiger partial charge on any atom is 0.276 e. The van der Waals surface area contributed by atoms with Crippen LogP contribution < -0.4 is 15.2 Å². The summed E-state index contributed by atoms with van der Waals surface area (Å²) in [6.45, 7) is 3.17. The van der Waals surface area contributed by atoms with Gasteiger partial charge >= 0.3 is 0 Å². The Balaban J connectivity index is 2.33. The molecule has 1 fully saturated rings. The van der Waals surface area contributed by atoms with E-state index >= 15 is 0 Å². The minimum Gasteiger partial charge on any atom is -0.330 e. The summed E-state index contributed by atoms with van der Waals surface area (Å²) in [5, 5.41) is 0. The van der Waals surface area contributed by atoms with Crippen molar-refractivity contribution in [2.75, 3.05) is 19.6 Å². The van der Waals surface area contributed by atoms with Gasteiger partial charge in [-0.15, -0.1) is 0 Å². The van der Waals surface area contributed by atoms with E-state index in [0.29, 0.717) is 19.6 Å². The van der Waals surface area contributed by atoms with E-state index in [1.165, 1.54) is 0 Å². The molecule has 1 aliphatic rings. The van der Waals surface area contributed by atoms with Crippen molar-refractivity contribution in [3.8, 4) is 0 Å². The summed E-state index contributed by atoms with van der Waals surface area (Å²) in [5.41, 5.74) is 5.56. The van der Waals surface area contributed by atoms with Gasteiger partial charge < -0.3 is 5.73 Å². The predicted octanol–water partition coefficient (Wildman–Crippen LogP) is -0.831. The first-order valence-corrected chi connectivity index (χ1v) is 5.96. The largest absolute Gasteiger partial charge is 0.330 e. The highest BCUT2D eigenvalue weighted by Crippen LogP contribution is 2.43. The Hall–Kier alpha value is -0.170. The standard InChI is InChI=1S/C7H17N3O2S/c1-2-9-13(11,12)10-6-7(5-8)3-4-7/h9-10H,2-6,8H2,1H3. The molecule has 0 amide bonds. The third kappa shape index (κ3) is 3.22. The van der Waals surface area contributed by atoms with E-state index in [0.717, 1.165) is 12.8 Å². The van der Waals surface area contributed by atoms with E-state index in [2.05, 4.69) is 9.44 Å². The molecular formula is C7H17N3O2S. The quantitative estimate of drug-likeness (QED) is 0.531. The molecule has 78 valence electrons.